The van der Waals surface area contributed by atoms with Gasteiger partial charge in [-0.3, -0.25) is 4.79 Å². The van der Waals surface area contributed by atoms with Crippen LogP contribution in [0.2, 0.25) is 0 Å². The Bertz CT molecular complexity index is 191. The molecule has 1 unspecified atom stereocenters. The smallest absolute Gasteiger partial charge is 0.324 e. The highest BCUT2D eigenvalue weighted by Gasteiger charge is 2.22. The van der Waals surface area contributed by atoms with E-state index in [1.807, 2.05) is 20.8 Å². The molecule has 1 atom stereocenters. The van der Waals surface area contributed by atoms with Crippen molar-refractivity contribution >= 4 is 5.97 Å². The average Bonchev–Trinajstić information content (AvgIpc) is 2.23. The Morgan fingerprint density at radius 1 is 1.25 bits per heavy atom. The van der Waals surface area contributed by atoms with Crippen LogP contribution >= 0.6 is 0 Å². The molecule has 0 rings (SSSR count). The molecule has 0 aromatic carbocycles. The third-order valence-electron chi connectivity index (χ3n) is 2.44. The van der Waals surface area contributed by atoms with Crippen LogP contribution in [0.1, 0.15) is 34.6 Å². The van der Waals surface area contributed by atoms with Gasteiger partial charge in [0, 0.05) is 12.6 Å². The second-order valence-electron chi connectivity index (χ2n) is 4.11. The second kappa shape index (κ2) is 8.53. The van der Waals surface area contributed by atoms with Gasteiger partial charge in [-0.15, -0.1) is 0 Å². The topological polar surface area (TPSA) is 41.6 Å². The molecule has 4 nitrogen and oxygen atoms in total. The van der Waals surface area contributed by atoms with Crippen molar-refractivity contribution in [2.45, 2.75) is 46.7 Å². The van der Waals surface area contributed by atoms with Gasteiger partial charge in [-0.25, -0.2) is 0 Å². The minimum atomic E-state index is -0.222. The number of likely N-dealkylation sites (N-methyl/N-ethyl adjacent to an activating group) is 1. The molecule has 0 radical (unpaired) electrons. The lowest BCUT2D eigenvalue weighted by atomic mass is 10.2. The normalized spacial score (nSPS) is 13.2. The first-order valence-electron chi connectivity index (χ1n) is 6.20. The summed E-state index contributed by atoms with van der Waals surface area (Å²) in [6, 6.07) is 0.0600. The first-order valence-corrected chi connectivity index (χ1v) is 6.20. The number of hydrogen-bond donors (Lipinski definition) is 1. The van der Waals surface area contributed by atoms with Crippen molar-refractivity contribution in [3.05, 3.63) is 0 Å². The Kier molecular flexibility index (Phi) is 8.21. The Morgan fingerprint density at radius 3 is 2.19 bits per heavy atom. The van der Waals surface area contributed by atoms with Gasteiger partial charge < -0.3 is 15.0 Å². The van der Waals surface area contributed by atoms with Crippen molar-refractivity contribution < 1.29 is 9.53 Å². The predicted molar refractivity (Wildman–Crippen MR) is 66.5 cm³/mol. The van der Waals surface area contributed by atoms with Crippen molar-refractivity contribution in [2.75, 3.05) is 26.2 Å². The monoisotopic (exact) mass is 230 g/mol. The van der Waals surface area contributed by atoms with Crippen LogP contribution in [0.5, 0.6) is 0 Å². The maximum absolute atomic E-state index is 11.7. The van der Waals surface area contributed by atoms with Gasteiger partial charge in [0.05, 0.1) is 6.61 Å². The largest absolute Gasteiger partial charge is 0.465 e. The summed E-state index contributed by atoms with van der Waals surface area (Å²) in [5, 5.41) is 3.25. The zero-order valence-electron chi connectivity index (χ0n) is 11.2. The SMILES string of the molecule is CCOC(=O)C(CN(CC)CC)NC(C)C. The zero-order valence-corrected chi connectivity index (χ0v) is 11.2. The molecule has 0 aromatic heterocycles. The van der Waals surface area contributed by atoms with E-state index < -0.39 is 0 Å². The summed E-state index contributed by atoms with van der Waals surface area (Å²) in [7, 11) is 0. The summed E-state index contributed by atoms with van der Waals surface area (Å²) in [4.78, 5) is 14.0. The van der Waals surface area contributed by atoms with Crippen molar-refractivity contribution in [1.82, 2.24) is 10.2 Å². The molecule has 0 bridgehead atoms. The van der Waals surface area contributed by atoms with E-state index in [0.29, 0.717) is 13.2 Å². The number of carbonyl (C=O) groups excluding carboxylic acids is 1. The van der Waals surface area contributed by atoms with E-state index in [1.165, 1.54) is 0 Å². The first kappa shape index (κ1) is 15.4. The second-order valence-corrected chi connectivity index (χ2v) is 4.11. The van der Waals surface area contributed by atoms with E-state index in [4.69, 9.17) is 4.74 Å². The third-order valence-corrected chi connectivity index (χ3v) is 2.44. The lowest BCUT2D eigenvalue weighted by Gasteiger charge is -2.26. The van der Waals surface area contributed by atoms with Crippen LogP contribution in [0, 0.1) is 0 Å². The third kappa shape index (κ3) is 6.08. The zero-order chi connectivity index (χ0) is 12.6. The van der Waals surface area contributed by atoms with Crippen LogP contribution < -0.4 is 5.32 Å². The standard InChI is InChI=1S/C12H26N2O2/c1-6-14(7-2)9-11(13-10(4)5)12(15)16-8-3/h10-11,13H,6-9H2,1-5H3. The Morgan fingerprint density at radius 2 is 1.81 bits per heavy atom. The average molecular weight is 230 g/mol. The lowest BCUT2D eigenvalue weighted by molar-refractivity contribution is -0.146. The van der Waals surface area contributed by atoms with Gasteiger partial charge in [0.1, 0.15) is 6.04 Å². The van der Waals surface area contributed by atoms with Crippen LogP contribution in [0.4, 0.5) is 0 Å². The summed E-state index contributed by atoms with van der Waals surface area (Å²) in [6.07, 6.45) is 0. The number of rotatable bonds is 8. The van der Waals surface area contributed by atoms with Gasteiger partial charge >= 0.3 is 5.97 Å². The molecule has 0 aliphatic heterocycles. The summed E-state index contributed by atoms with van der Waals surface area (Å²) in [6.45, 7) is 13.2. The molecular formula is C12H26N2O2. The quantitative estimate of drug-likeness (QED) is 0.637. The van der Waals surface area contributed by atoms with Crippen LogP contribution in [0.15, 0.2) is 0 Å². The van der Waals surface area contributed by atoms with Crippen LogP contribution in [-0.4, -0.2) is 49.2 Å². The number of nitrogens with one attached hydrogen (secondary N) is 1. The minimum Gasteiger partial charge on any atom is -0.465 e. The predicted octanol–water partition coefficient (Wildman–Crippen LogP) is 1.26. The van der Waals surface area contributed by atoms with Crippen molar-refractivity contribution in [1.29, 1.82) is 0 Å². The molecule has 0 aromatic rings. The molecule has 16 heavy (non-hydrogen) atoms. The number of nitrogens with zero attached hydrogens (tertiary/aromatic N) is 1. The number of hydrogen-bond acceptors (Lipinski definition) is 4. The number of ether oxygens (including phenoxy) is 1. The van der Waals surface area contributed by atoms with Gasteiger partial charge in [0.15, 0.2) is 0 Å². The summed E-state index contributed by atoms with van der Waals surface area (Å²) in [5.41, 5.74) is 0. The molecular weight excluding hydrogens is 204 g/mol. The molecule has 96 valence electrons. The van der Waals surface area contributed by atoms with Crippen molar-refractivity contribution in [2.24, 2.45) is 0 Å². The molecule has 0 aliphatic rings. The van der Waals surface area contributed by atoms with Gasteiger partial charge in [-0.2, -0.15) is 0 Å². The minimum absolute atomic E-state index is 0.150. The maximum atomic E-state index is 11.7. The molecule has 0 fully saturated rings. The Balaban J connectivity index is 4.34. The molecule has 0 heterocycles. The van der Waals surface area contributed by atoms with E-state index in [0.717, 1.165) is 13.1 Å². The summed E-state index contributed by atoms with van der Waals surface area (Å²) < 4.78 is 5.07. The first-order chi connectivity index (χ1) is 7.54. The fourth-order valence-corrected chi connectivity index (χ4v) is 1.58. The van der Waals surface area contributed by atoms with E-state index in [1.54, 1.807) is 0 Å². The maximum Gasteiger partial charge on any atom is 0.324 e. The Hall–Kier alpha value is -0.610. The van der Waals surface area contributed by atoms with E-state index in [9.17, 15) is 4.79 Å². The van der Waals surface area contributed by atoms with Gasteiger partial charge in [0.2, 0.25) is 0 Å². The summed E-state index contributed by atoms with van der Waals surface area (Å²) >= 11 is 0. The molecule has 1 N–H and O–H groups in total. The number of carbonyl (C=O) groups is 1. The van der Waals surface area contributed by atoms with Crippen LogP contribution in [0.25, 0.3) is 0 Å². The van der Waals surface area contributed by atoms with Gasteiger partial charge in [-0.1, -0.05) is 27.7 Å². The summed E-state index contributed by atoms with van der Waals surface area (Å²) in [5.74, 6) is -0.150. The molecule has 0 saturated heterocycles. The molecule has 0 saturated carbocycles. The Labute approximate surface area is 99.3 Å². The van der Waals surface area contributed by atoms with Crippen molar-refractivity contribution in [3.8, 4) is 0 Å². The fourth-order valence-electron chi connectivity index (χ4n) is 1.58. The van der Waals surface area contributed by atoms with E-state index >= 15 is 0 Å². The number of esters is 1. The van der Waals surface area contributed by atoms with Gasteiger partial charge in [0.25, 0.3) is 0 Å². The highest BCUT2D eigenvalue weighted by molar-refractivity contribution is 5.76. The van der Waals surface area contributed by atoms with Crippen molar-refractivity contribution in [3.63, 3.8) is 0 Å². The van der Waals surface area contributed by atoms with Crippen LogP contribution in [-0.2, 0) is 9.53 Å². The molecule has 0 aliphatic carbocycles. The van der Waals surface area contributed by atoms with Gasteiger partial charge in [-0.05, 0) is 20.0 Å². The highest BCUT2D eigenvalue weighted by Crippen LogP contribution is 1.97. The lowest BCUT2D eigenvalue weighted by Crippen LogP contribution is -2.49. The highest BCUT2D eigenvalue weighted by atomic mass is 16.5. The van der Waals surface area contributed by atoms with E-state index in [-0.39, 0.29) is 18.1 Å². The molecule has 4 heteroatoms. The van der Waals surface area contributed by atoms with Crippen LogP contribution in [0.3, 0.4) is 0 Å². The molecule has 0 amide bonds. The fraction of sp³-hybridized carbons (Fsp3) is 0.917. The molecule has 0 spiro atoms. The van der Waals surface area contributed by atoms with E-state index in [2.05, 4.69) is 24.1 Å².